The van der Waals surface area contributed by atoms with Crippen LogP contribution in [0.2, 0.25) is 0 Å². The molecule has 3 aliphatic heterocycles. The van der Waals surface area contributed by atoms with E-state index in [9.17, 15) is 0 Å². The molecule has 0 aromatic rings. The fourth-order valence-corrected chi connectivity index (χ4v) is 17.3. The van der Waals surface area contributed by atoms with Crippen LogP contribution in [0, 0.1) is 0 Å². The van der Waals surface area contributed by atoms with Crippen LogP contribution in [-0.4, -0.2) is 39.0 Å². The lowest BCUT2D eigenvalue weighted by Gasteiger charge is -2.55. The molecule has 3 heterocycles. The van der Waals surface area contributed by atoms with Gasteiger partial charge >= 0.3 is 0 Å². The number of hydrogen-bond acceptors (Lipinski definition) is 6. The fraction of sp³-hybridized carbons (Fsp3) is 1.00. The van der Waals surface area contributed by atoms with Crippen molar-refractivity contribution < 1.29 is 5.11 Å². The van der Waals surface area contributed by atoms with E-state index in [2.05, 4.69) is 74.7 Å². The molecule has 0 saturated carbocycles. The molecule has 3 aliphatic rings. The molecule has 3 rings (SSSR count). The summed E-state index contributed by atoms with van der Waals surface area (Å²) in [6.07, 6.45) is 1.28. The molecule has 3 bridgehead atoms. The van der Waals surface area contributed by atoms with Gasteiger partial charge in [-0.05, 0) is 34.1 Å². The first kappa shape index (κ1) is 14.6. The van der Waals surface area contributed by atoms with Crippen LogP contribution in [0.3, 0.4) is 0 Å². The summed E-state index contributed by atoms with van der Waals surface area (Å²) >= 11 is 10.7. The summed E-state index contributed by atoms with van der Waals surface area (Å²) in [5, 5.41) is 9.83. The Morgan fingerprint density at radius 2 is 1.78 bits per heavy atom. The average Bonchev–Trinajstić information content (AvgIpc) is 2.35. The van der Waals surface area contributed by atoms with Crippen LogP contribution in [0.4, 0.5) is 0 Å². The Kier molecular flexibility index (Phi) is 3.54. The SMILES string of the molecule is CC12CC3(C)SC(C)(SCCO)C(S1)C(C)(S2)S3. The lowest BCUT2D eigenvalue weighted by molar-refractivity contribution is 0.322. The van der Waals surface area contributed by atoms with Crippen molar-refractivity contribution in [1.29, 1.82) is 0 Å². The molecule has 1 nitrogen and oxygen atoms in total. The molecule has 6 heteroatoms. The quantitative estimate of drug-likeness (QED) is 0.820. The summed E-state index contributed by atoms with van der Waals surface area (Å²) in [5.41, 5.74) is 0. The van der Waals surface area contributed by atoms with E-state index < -0.39 is 0 Å². The van der Waals surface area contributed by atoms with Gasteiger partial charge in [0, 0.05) is 5.75 Å². The highest BCUT2D eigenvalue weighted by molar-refractivity contribution is 8.37. The summed E-state index contributed by atoms with van der Waals surface area (Å²) in [4.78, 5) is 0. The first-order valence-electron chi connectivity index (χ1n) is 6.26. The molecule has 0 radical (unpaired) electrons. The Balaban J connectivity index is 1.97. The largest absolute Gasteiger partial charge is 0.396 e. The Hall–Kier alpha value is 1.71. The molecular formula is C12H20OS5. The summed E-state index contributed by atoms with van der Waals surface area (Å²) in [7, 11) is 0. The van der Waals surface area contributed by atoms with Gasteiger partial charge in [0.2, 0.25) is 0 Å². The number of rotatable bonds is 3. The second kappa shape index (κ2) is 4.35. The first-order chi connectivity index (χ1) is 8.23. The van der Waals surface area contributed by atoms with Gasteiger partial charge in [0.15, 0.2) is 0 Å². The highest BCUT2D eigenvalue weighted by atomic mass is 32.3. The number of hydrogen-bond donors (Lipinski definition) is 1. The van der Waals surface area contributed by atoms with Crippen molar-refractivity contribution in [3.63, 3.8) is 0 Å². The number of fused-ring (bicyclic) bond motifs is 2. The Bertz CT molecular complexity index is 375. The first-order valence-corrected chi connectivity index (χ1v) is 10.6. The molecular weight excluding hydrogens is 320 g/mol. The maximum absolute atomic E-state index is 9.16. The maximum atomic E-state index is 9.16. The van der Waals surface area contributed by atoms with Gasteiger partial charge in [0.25, 0.3) is 0 Å². The van der Waals surface area contributed by atoms with Crippen LogP contribution in [0.15, 0.2) is 0 Å². The monoisotopic (exact) mass is 340 g/mol. The smallest absolute Gasteiger partial charge is 0.0750 e. The van der Waals surface area contributed by atoms with E-state index in [0.29, 0.717) is 24.1 Å². The maximum Gasteiger partial charge on any atom is 0.0750 e. The molecule has 3 saturated heterocycles. The summed E-state index contributed by atoms with van der Waals surface area (Å²) in [5.74, 6) is 0.860. The zero-order chi connectivity index (χ0) is 13.2. The molecule has 104 valence electrons. The average molecular weight is 341 g/mol. The van der Waals surface area contributed by atoms with Crippen molar-refractivity contribution in [1.82, 2.24) is 0 Å². The predicted octanol–water partition coefficient (Wildman–Crippen LogP) is 4.31. The minimum absolute atomic E-state index is 0.239. The van der Waals surface area contributed by atoms with E-state index in [1.54, 1.807) is 0 Å². The van der Waals surface area contributed by atoms with Gasteiger partial charge in [0.1, 0.15) is 0 Å². The minimum Gasteiger partial charge on any atom is -0.396 e. The van der Waals surface area contributed by atoms with Crippen molar-refractivity contribution in [3.8, 4) is 0 Å². The molecule has 0 amide bonds. The van der Waals surface area contributed by atoms with Crippen LogP contribution in [0.1, 0.15) is 34.1 Å². The minimum atomic E-state index is 0.239. The Morgan fingerprint density at radius 3 is 2.44 bits per heavy atom. The second-order valence-corrected chi connectivity index (χ2v) is 15.9. The van der Waals surface area contributed by atoms with Crippen molar-refractivity contribution >= 4 is 58.8 Å². The molecule has 0 aliphatic carbocycles. The number of aliphatic hydroxyl groups excluding tert-OH is 1. The second-order valence-electron chi connectivity index (χ2n) is 5.85. The van der Waals surface area contributed by atoms with Gasteiger partial charge < -0.3 is 5.11 Å². The Labute approximate surface area is 131 Å². The molecule has 5 unspecified atom stereocenters. The molecule has 3 fully saturated rings. The van der Waals surface area contributed by atoms with Gasteiger partial charge in [-0.3, -0.25) is 0 Å². The lowest BCUT2D eigenvalue weighted by Crippen LogP contribution is -2.51. The van der Waals surface area contributed by atoms with Crippen LogP contribution >= 0.6 is 58.8 Å². The molecule has 5 atom stereocenters. The lowest BCUT2D eigenvalue weighted by atomic mass is 10.2. The van der Waals surface area contributed by atoms with Crippen molar-refractivity contribution in [2.24, 2.45) is 0 Å². The van der Waals surface area contributed by atoms with E-state index >= 15 is 0 Å². The molecule has 18 heavy (non-hydrogen) atoms. The van der Waals surface area contributed by atoms with E-state index in [4.69, 9.17) is 5.11 Å². The molecule has 1 N–H and O–H groups in total. The van der Waals surface area contributed by atoms with Crippen LogP contribution in [-0.2, 0) is 0 Å². The topological polar surface area (TPSA) is 20.2 Å². The zero-order valence-electron chi connectivity index (χ0n) is 11.2. The van der Waals surface area contributed by atoms with Gasteiger partial charge in [-0.1, -0.05) is 0 Å². The third-order valence-electron chi connectivity index (χ3n) is 3.70. The zero-order valence-corrected chi connectivity index (χ0v) is 15.3. The predicted molar refractivity (Wildman–Crippen MR) is 91.9 cm³/mol. The number of thioether (sulfide) groups is 5. The van der Waals surface area contributed by atoms with Crippen LogP contribution < -0.4 is 0 Å². The van der Waals surface area contributed by atoms with Gasteiger partial charge in [-0.25, -0.2) is 0 Å². The molecule has 0 aromatic heterocycles. The van der Waals surface area contributed by atoms with E-state index in [0.717, 1.165) is 5.75 Å². The third kappa shape index (κ3) is 2.17. The van der Waals surface area contributed by atoms with E-state index in [1.807, 2.05) is 11.8 Å². The molecule has 0 spiro atoms. The standard InChI is InChI=1S/C12H20OS5/c1-9-7-10(2)17-11(3,14-6-5-13)8(15-9)12(4,16-9)18-10/h8,13H,5-7H2,1-4H3. The van der Waals surface area contributed by atoms with Gasteiger partial charge in [-0.15, -0.1) is 58.8 Å². The number of aliphatic hydroxyl groups is 1. The highest BCUT2D eigenvalue weighted by Crippen LogP contribution is 2.81. The van der Waals surface area contributed by atoms with Gasteiger partial charge in [0.05, 0.1) is 28.2 Å². The van der Waals surface area contributed by atoms with Gasteiger partial charge in [-0.2, -0.15) is 0 Å². The summed E-state index contributed by atoms with van der Waals surface area (Å²) < 4.78 is 1.31. The summed E-state index contributed by atoms with van der Waals surface area (Å²) in [6, 6.07) is 0. The normalized spacial score (nSPS) is 58.2. The van der Waals surface area contributed by atoms with Crippen molar-refractivity contribution in [2.45, 2.75) is 55.7 Å². The summed E-state index contributed by atoms with van der Waals surface area (Å²) in [6.45, 7) is 10.0. The van der Waals surface area contributed by atoms with E-state index in [-0.39, 0.29) is 4.08 Å². The third-order valence-corrected chi connectivity index (χ3v) is 13.1. The van der Waals surface area contributed by atoms with Crippen molar-refractivity contribution in [3.05, 3.63) is 0 Å². The van der Waals surface area contributed by atoms with Crippen molar-refractivity contribution in [2.75, 3.05) is 12.4 Å². The molecule has 0 aromatic carbocycles. The van der Waals surface area contributed by atoms with Crippen LogP contribution in [0.5, 0.6) is 0 Å². The van der Waals surface area contributed by atoms with E-state index in [1.165, 1.54) is 6.42 Å². The fourth-order valence-electron chi connectivity index (χ4n) is 3.54. The highest BCUT2D eigenvalue weighted by Gasteiger charge is 2.70. The Morgan fingerprint density at radius 1 is 1.11 bits per heavy atom. The van der Waals surface area contributed by atoms with Crippen LogP contribution in [0.25, 0.3) is 0 Å².